The van der Waals surface area contributed by atoms with E-state index >= 15 is 0 Å². The fourth-order valence-electron chi connectivity index (χ4n) is 3.69. The highest BCUT2D eigenvalue weighted by Crippen LogP contribution is 2.32. The zero-order chi connectivity index (χ0) is 22.5. The molecule has 0 aliphatic carbocycles. The molecule has 1 aromatic heterocycles. The van der Waals surface area contributed by atoms with Crippen molar-refractivity contribution in [2.45, 2.75) is 13.0 Å². The van der Waals surface area contributed by atoms with Gasteiger partial charge in [0.2, 0.25) is 5.78 Å². The van der Waals surface area contributed by atoms with Crippen molar-refractivity contribution < 1.29 is 23.1 Å². The number of nitrogens with one attached hydrogen (secondary N) is 1. The summed E-state index contributed by atoms with van der Waals surface area (Å²) in [6, 6.07) is 21.6. The maximum absolute atomic E-state index is 13.6. The molecular weight excluding hydrogens is 409 g/mol. The van der Waals surface area contributed by atoms with Gasteiger partial charge in [0, 0.05) is 5.69 Å². The van der Waals surface area contributed by atoms with Gasteiger partial charge in [-0.3, -0.25) is 9.59 Å². The molecule has 0 spiro atoms. The lowest BCUT2D eigenvalue weighted by molar-refractivity contribution is -0.146. The molecule has 2 unspecified atom stereocenters. The summed E-state index contributed by atoms with van der Waals surface area (Å²) in [4.78, 5) is 26.3. The maximum atomic E-state index is 13.6. The van der Waals surface area contributed by atoms with Crippen LogP contribution in [-0.2, 0) is 9.53 Å². The van der Waals surface area contributed by atoms with Crippen LogP contribution in [0, 0.1) is 11.7 Å². The lowest BCUT2D eigenvalue weighted by Crippen LogP contribution is -2.35. The molecule has 6 heteroatoms. The Morgan fingerprint density at radius 1 is 0.969 bits per heavy atom. The number of carbonyl (C=O) groups is 2. The molecule has 0 fully saturated rings. The second-order valence-corrected chi connectivity index (χ2v) is 7.31. The average Bonchev–Trinajstić information content (AvgIpc) is 3.34. The van der Waals surface area contributed by atoms with Gasteiger partial charge in [0.25, 0.3) is 0 Å². The number of fused-ring (bicyclic) bond motifs is 1. The molecule has 1 heterocycles. The number of ether oxygens (including phenoxy) is 1. The van der Waals surface area contributed by atoms with Gasteiger partial charge in [-0.05, 0) is 59.7 Å². The number of anilines is 1. The molecule has 0 saturated carbocycles. The third-order valence-corrected chi connectivity index (χ3v) is 5.22. The Kier molecular flexibility index (Phi) is 6.31. The molecule has 5 nitrogen and oxygen atoms in total. The van der Waals surface area contributed by atoms with E-state index in [1.165, 1.54) is 24.5 Å². The van der Waals surface area contributed by atoms with Crippen molar-refractivity contribution in [2.75, 3.05) is 11.9 Å². The largest absolute Gasteiger partial charge is 0.465 e. The monoisotopic (exact) mass is 431 g/mol. The second kappa shape index (κ2) is 9.47. The summed E-state index contributed by atoms with van der Waals surface area (Å²) in [5.41, 5.74) is 1.28. The highest BCUT2D eigenvalue weighted by molar-refractivity contribution is 6.08. The molecule has 0 saturated heterocycles. The summed E-state index contributed by atoms with van der Waals surface area (Å²) in [5.74, 6) is -2.80. The van der Waals surface area contributed by atoms with Gasteiger partial charge in [-0.2, -0.15) is 0 Å². The first-order chi connectivity index (χ1) is 15.6. The zero-order valence-electron chi connectivity index (χ0n) is 17.5. The molecule has 1 N–H and O–H groups in total. The first kappa shape index (κ1) is 21.3. The molecule has 0 radical (unpaired) electrons. The molecule has 3 aromatic carbocycles. The third-order valence-electron chi connectivity index (χ3n) is 5.22. The van der Waals surface area contributed by atoms with Gasteiger partial charge in [0.05, 0.1) is 18.9 Å². The molecule has 0 amide bonds. The van der Waals surface area contributed by atoms with E-state index in [1.54, 1.807) is 25.1 Å². The van der Waals surface area contributed by atoms with Crippen LogP contribution in [0.5, 0.6) is 0 Å². The van der Waals surface area contributed by atoms with E-state index in [0.29, 0.717) is 11.3 Å². The van der Waals surface area contributed by atoms with E-state index < -0.39 is 29.5 Å². The quantitative estimate of drug-likeness (QED) is 0.217. The highest BCUT2D eigenvalue weighted by atomic mass is 19.1. The smallest absolute Gasteiger partial charge is 0.319 e. The molecule has 4 aromatic rings. The van der Waals surface area contributed by atoms with E-state index in [1.807, 2.05) is 42.5 Å². The van der Waals surface area contributed by atoms with Crippen molar-refractivity contribution in [3.63, 3.8) is 0 Å². The Bertz CT molecular complexity index is 1220. The van der Waals surface area contributed by atoms with Crippen LogP contribution in [0.15, 0.2) is 89.5 Å². The predicted molar refractivity (Wildman–Crippen MR) is 120 cm³/mol. The summed E-state index contributed by atoms with van der Waals surface area (Å²) in [6.45, 7) is 1.79. The van der Waals surface area contributed by atoms with Crippen molar-refractivity contribution in [2.24, 2.45) is 5.92 Å². The Hall–Kier alpha value is -3.93. The number of hydrogen-bond acceptors (Lipinski definition) is 5. The first-order valence-electron chi connectivity index (χ1n) is 10.3. The minimum Gasteiger partial charge on any atom is -0.465 e. The minimum absolute atomic E-state index is 0.0514. The number of rotatable bonds is 8. The Morgan fingerprint density at radius 3 is 2.41 bits per heavy atom. The van der Waals surface area contributed by atoms with E-state index in [2.05, 4.69) is 5.32 Å². The van der Waals surface area contributed by atoms with Gasteiger partial charge in [-0.15, -0.1) is 0 Å². The van der Waals surface area contributed by atoms with Gasteiger partial charge >= 0.3 is 5.97 Å². The minimum atomic E-state index is -1.24. The number of halogens is 1. The van der Waals surface area contributed by atoms with Crippen molar-refractivity contribution in [3.05, 3.63) is 102 Å². The van der Waals surface area contributed by atoms with Crippen molar-refractivity contribution in [1.29, 1.82) is 0 Å². The lowest BCUT2D eigenvalue weighted by atomic mass is 9.88. The number of esters is 1. The van der Waals surface area contributed by atoms with Crippen molar-refractivity contribution >= 4 is 28.2 Å². The van der Waals surface area contributed by atoms with Crippen LogP contribution < -0.4 is 5.32 Å². The predicted octanol–water partition coefficient (Wildman–Crippen LogP) is 5.79. The van der Waals surface area contributed by atoms with Crippen LogP contribution in [0.25, 0.3) is 10.8 Å². The SMILES string of the molecule is CCOC(=O)C(C(=O)c1ccco1)C(Nc1ccc2ccccc2c1)c1ccc(F)cc1. The number of benzene rings is 3. The molecule has 4 rings (SSSR count). The normalized spacial score (nSPS) is 12.8. The number of hydrogen-bond donors (Lipinski definition) is 1. The molecule has 0 bridgehead atoms. The second-order valence-electron chi connectivity index (χ2n) is 7.31. The van der Waals surface area contributed by atoms with Crippen molar-refractivity contribution in [3.8, 4) is 0 Å². The zero-order valence-corrected chi connectivity index (χ0v) is 17.5. The summed E-state index contributed by atoms with van der Waals surface area (Å²) in [7, 11) is 0. The third kappa shape index (κ3) is 4.54. The van der Waals surface area contributed by atoms with Crippen molar-refractivity contribution in [1.82, 2.24) is 0 Å². The molecule has 0 aliphatic rings. The number of furan rings is 1. The van der Waals surface area contributed by atoms with E-state index in [9.17, 15) is 14.0 Å². The van der Waals surface area contributed by atoms with Crippen LogP contribution in [0.1, 0.15) is 29.1 Å². The Morgan fingerprint density at radius 2 is 1.72 bits per heavy atom. The highest BCUT2D eigenvalue weighted by Gasteiger charge is 2.39. The van der Waals surface area contributed by atoms with Crippen LogP contribution >= 0.6 is 0 Å². The van der Waals surface area contributed by atoms with Gasteiger partial charge in [-0.25, -0.2) is 4.39 Å². The molecule has 2 atom stereocenters. The first-order valence-corrected chi connectivity index (χ1v) is 10.3. The number of carbonyl (C=O) groups excluding carboxylic acids is 2. The van der Waals surface area contributed by atoms with Crippen LogP contribution in [0.4, 0.5) is 10.1 Å². The van der Waals surface area contributed by atoms with Gasteiger partial charge in [-0.1, -0.05) is 42.5 Å². The van der Waals surface area contributed by atoms with Crippen LogP contribution in [0.2, 0.25) is 0 Å². The standard InChI is InChI=1S/C26H22FNO4/c1-2-31-26(30)23(25(29)22-8-5-15-32-22)24(18-9-12-20(27)13-10-18)28-21-14-11-17-6-3-4-7-19(17)16-21/h3-16,23-24,28H,2H2,1H3. The van der Waals surface area contributed by atoms with Gasteiger partial charge < -0.3 is 14.5 Å². The fourth-order valence-corrected chi connectivity index (χ4v) is 3.69. The summed E-state index contributed by atoms with van der Waals surface area (Å²) in [6.07, 6.45) is 1.37. The topological polar surface area (TPSA) is 68.5 Å². The summed E-state index contributed by atoms with van der Waals surface area (Å²) < 4.78 is 24.1. The lowest BCUT2D eigenvalue weighted by Gasteiger charge is -2.27. The van der Waals surface area contributed by atoms with Crippen LogP contribution in [0.3, 0.4) is 0 Å². The van der Waals surface area contributed by atoms with Gasteiger partial charge in [0.1, 0.15) is 11.7 Å². The maximum Gasteiger partial charge on any atom is 0.319 e. The van der Waals surface area contributed by atoms with Crippen LogP contribution in [-0.4, -0.2) is 18.4 Å². The van der Waals surface area contributed by atoms with E-state index in [0.717, 1.165) is 10.8 Å². The number of ketones is 1. The number of Topliss-reactive ketones (excluding diaryl/α,β-unsaturated/α-hetero) is 1. The summed E-state index contributed by atoms with van der Waals surface area (Å²) >= 11 is 0. The van der Waals surface area contributed by atoms with E-state index in [4.69, 9.17) is 9.15 Å². The van der Waals surface area contributed by atoms with Gasteiger partial charge in [0.15, 0.2) is 5.76 Å². The molecule has 162 valence electrons. The Balaban J connectivity index is 1.78. The Labute approximate surface area is 184 Å². The van der Waals surface area contributed by atoms with E-state index in [-0.39, 0.29) is 12.4 Å². The molecule has 0 aliphatic heterocycles. The fraction of sp³-hybridized carbons (Fsp3) is 0.154. The summed E-state index contributed by atoms with van der Waals surface area (Å²) in [5, 5.41) is 5.36. The molecular formula is C26H22FNO4. The average molecular weight is 431 g/mol. The molecule has 32 heavy (non-hydrogen) atoms.